The van der Waals surface area contributed by atoms with Crippen molar-refractivity contribution in [1.29, 1.82) is 0 Å². The molecule has 6 heteroatoms. The van der Waals surface area contributed by atoms with E-state index in [1.165, 1.54) is 52.0 Å². The number of hydrogen-bond donors (Lipinski definition) is 2. The summed E-state index contributed by atoms with van der Waals surface area (Å²) in [4.78, 5) is 9.40. The first-order valence-electron chi connectivity index (χ1n) is 9.47. The molecule has 0 saturated carbocycles. The van der Waals surface area contributed by atoms with Gasteiger partial charge in [0.05, 0.1) is 0 Å². The minimum absolute atomic E-state index is 0. The largest absolute Gasteiger partial charge is 0.355 e. The average Bonchev–Trinajstić information content (AvgIpc) is 2.54. The van der Waals surface area contributed by atoms with Crippen LogP contribution in [0.1, 0.15) is 47.0 Å². The Bertz CT molecular complexity index is 327. The molecule has 1 unspecified atom stereocenters. The molecule has 24 heavy (non-hydrogen) atoms. The molecule has 1 heterocycles. The average molecular weight is 453 g/mol. The quantitative estimate of drug-likeness (QED) is 0.320. The first kappa shape index (κ1) is 23.9. The van der Waals surface area contributed by atoms with Gasteiger partial charge in [-0.1, -0.05) is 33.6 Å². The van der Waals surface area contributed by atoms with Gasteiger partial charge in [0.2, 0.25) is 0 Å². The molecule has 0 bridgehead atoms. The van der Waals surface area contributed by atoms with Crippen LogP contribution < -0.4 is 10.6 Å². The van der Waals surface area contributed by atoms with E-state index in [1.807, 2.05) is 7.05 Å². The van der Waals surface area contributed by atoms with Crippen LogP contribution in [0.2, 0.25) is 0 Å². The fourth-order valence-electron chi connectivity index (χ4n) is 2.99. The molecule has 0 radical (unpaired) electrons. The van der Waals surface area contributed by atoms with Gasteiger partial charge >= 0.3 is 0 Å². The molecule has 0 spiro atoms. The van der Waals surface area contributed by atoms with Crippen molar-refractivity contribution in [3.05, 3.63) is 0 Å². The van der Waals surface area contributed by atoms with E-state index in [9.17, 15) is 0 Å². The molecule has 1 atom stereocenters. The van der Waals surface area contributed by atoms with Gasteiger partial charge in [0, 0.05) is 52.4 Å². The van der Waals surface area contributed by atoms with Crippen molar-refractivity contribution in [1.82, 2.24) is 20.4 Å². The van der Waals surface area contributed by atoms with Crippen LogP contribution in [0, 0.1) is 5.92 Å². The van der Waals surface area contributed by atoms with Crippen molar-refractivity contribution in [2.24, 2.45) is 10.9 Å². The van der Waals surface area contributed by atoms with Crippen LogP contribution in [0.3, 0.4) is 0 Å². The van der Waals surface area contributed by atoms with E-state index in [4.69, 9.17) is 0 Å². The zero-order valence-electron chi connectivity index (χ0n) is 16.5. The topological polar surface area (TPSA) is 42.9 Å². The predicted molar refractivity (Wildman–Crippen MR) is 117 cm³/mol. The van der Waals surface area contributed by atoms with Crippen LogP contribution in [0.25, 0.3) is 0 Å². The molecular formula is C18H40IN5. The van der Waals surface area contributed by atoms with Gasteiger partial charge in [0.25, 0.3) is 0 Å². The SMILES string of the molecule is CCN1CCN(CCNC(=NC)NC(C)CCCC(C)C)CC1.I. The number of halogens is 1. The van der Waals surface area contributed by atoms with Gasteiger partial charge in [-0.3, -0.25) is 9.89 Å². The fourth-order valence-corrected chi connectivity index (χ4v) is 2.99. The normalized spacial score (nSPS) is 18.3. The van der Waals surface area contributed by atoms with Gasteiger partial charge in [0.15, 0.2) is 5.96 Å². The second kappa shape index (κ2) is 14.1. The summed E-state index contributed by atoms with van der Waals surface area (Å²) in [6.07, 6.45) is 3.80. The molecule has 0 aromatic rings. The highest BCUT2D eigenvalue weighted by atomic mass is 127. The summed E-state index contributed by atoms with van der Waals surface area (Å²) in [6.45, 7) is 17.1. The minimum Gasteiger partial charge on any atom is -0.355 e. The summed E-state index contributed by atoms with van der Waals surface area (Å²) >= 11 is 0. The van der Waals surface area contributed by atoms with Crippen molar-refractivity contribution < 1.29 is 0 Å². The predicted octanol–water partition coefficient (Wildman–Crippen LogP) is 2.62. The summed E-state index contributed by atoms with van der Waals surface area (Å²) in [5.74, 6) is 1.74. The van der Waals surface area contributed by atoms with Crippen LogP contribution >= 0.6 is 24.0 Å². The van der Waals surface area contributed by atoms with Gasteiger partial charge in [-0.15, -0.1) is 24.0 Å². The van der Waals surface area contributed by atoms with Crippen molar-refractivity contribution >= 4 is 29.9 Å². The Hall–Kier alpha value is -0.0800. The lowest BCUT2D eigenvalue weighted by Gasteiger charge is -2.34. The third kappa shape index (κ3) is 10.7. The lowest BCUT2D eigenvalue weighted by Crippen LogP contribution is -2.49. The highest BCUT2D eigenvalue weighted by Gasteiger charge is 2.14. The Labute approximate surface area is 167 Å². The van der Waals surface area contributed by atoms with E-state index in [2.05, 4.69) is 53.1 Å². The minimum atomic E-state index is 0. The van der Waals surface area contributed by atoms with Crippen LogP contribution in [-0.4, -0.2) is 74.7 Å². The molecule has 2 N–H and O–H groups in total. The van der Waals surface area contributed by atoms with E-state index < -0.39 is 0 Å². The van der Waals surface area contributed by atoms with Gasteiger partial charge < -0.3 is 15.5 Å². The smallest absolute Gasteiger partial charge is 0.191 e. The zero-order chi connectivity index (χ0) is 17.1. The van der Waals surface area contributed by atoms with E-state index in [1.54, 1.807) is 0 Å². The van der Waals surface area contributed by atoms with E-state index in [-0.39, 0.29) is 24.0 Å². The summed E-state index contributed by atoms with van der Waals surface area (Å²) in [7, 11) is 1.86. The summed E-state index contributed by atoms with van der Waals surface area (Å²) in [5.41, 5.74) is 0. The van der Waals surface area contributed by atoms with Crippen molar-refractivity contribution in [3.63, 3.8) is 0 Å². The van der Waals surface area contributed by atoms with Crippen LogP contribution in [0.4, 0.5) is 0 Å². The standard InChI is InChI=1S/C18H39N5.HI/c1-6-22-12-14-23(15-13-22)11-10-20-18(19-5)21-17(4)9-7-8-16(2)3;/h16-17H,6-15H2,1-5H3,(H2,19,20,21);1H. The number of nitrogens with one attached hydrogen (secondary N) is 2. The zero-order valence-corrected chi connectivity index (χ0v) is 18.8. The molecule has 0 amide bonds. The molecule has 1 rings (SSSR count). The number of likely N-dealkylation sites (N-methyl/N-ethyl adjacent to an activating group) is 1. The number of guanidine groups is 1. The first-order valence-corrected chi connectivity index (χ1v) is 9.47. The second-order valence-electron chi connectivity index (χ2n) is 7.15. The Balaban J connectivity index is 0.00000529. The maximum absolute atomic E-state index is 4.35. The maximum Gasteiger partial charge on any atom is 0.191 e. The third-order valence-electron chi connectivity index (χ3n) is 4.66. The van der Waals surface area contributed by atoms with Crippen LogP contribution in [0.15, 0.2) is 4.99 Å². The monoisotopic (exact) mass is 453 g/mol. The third-order valence-corrected chi connectivity index (χ3v) is 4.66. The Morgan fingerprint density at radius 2 is 1.67 bits per heavy atom. The van der Waals surface area contributed by atoms with E-state index in [0.717, 1.165) is 25.0 Å². The number of aliphatic imine (C=N–C) groups is 1. The van der Waals surface area contributed by atoms with Gasteiger partial charge in [-0.05, 0) is 25.8 Å². The molecule has 1 saturated heterocycles. The molecule has 0 aromatic carbocycles. The number of nitrogens with zero attached hydrogens (tertiary/aromatic N) is 3. The van der Waals surface area contributed by atoms with Crippen molar-refractivity contribution in [2.75, 3.05) is 52.9 Å². The van der Waals surface area contributed by atoms with Gasteiger partial charge in [0.1, 0.15) is 0 Å². The first-order chi connectivity index (χ1) is 11.0. The van der Waals surface area contributed by atoms with E-state index in [0.29, 0.717) is 6.04 Å². The van der Waals surface area contributed by atoms with Gasteiger partial charge in [-0.25, -0.2) is 0 Å². The Morgan fingerprint density at radius 3 is 2.21 bits per heavy atom. The molecule has 144 valence electrons. The molecular weight excluding hydrogens is 413 g/mol. The van der Waals surface area contributed by atoms with Gasteiger partial charge in [-0.2, -0.15) is 0 Å². The summed E-state index contributed by atoms with van der Waals surface area (Å²) in [5, 5.41) is 6.96. The van der Waals surface area contributed by atoms with Crippen LogP contribution in [0.5, 0.6) is 0 Å². The van der Waals surface area contributed by atoms with Crippen molar-refractivity contribution in [3.8, 4) is 0 Å². The summed E-state index contributed by atoms with van der Waals surface area (Å²) in [6, 6.07) is 0.480. The molecule has 1 fully saturated rings. The molecule has 0 aliphatic carbocycles. The number of piperazine rings is 1. The van der Waals surface area contributed by atoms with Crippen molar-refractivity contribution in [2.45, 2.75) is 53.0 Å². The second-order valence-corrected chi connectivity index (χ2v) is 7.15. The Kier molecular flexibility index (Phi) is 14.1. The molecule has 0 aromatic heterocycles. The Morgan fingerprint density at radius 1 is 1.04 bits per heavy atom. The molecule has 1 aliphatic rings. The lowest BCUT2D eigenvalue weighted by atomic mass is 10.0. The molecule has 1 aliphatic heterocycles. The fraction of sp³-hybridized carbons (Fsp3) is 0.944. The summed E-state index contributed by atoms with van der Waals surface area (Å²) < 4.78 is 0. The highest BCUT2D eigenvalue weighted by molar-refractivity contribution is 14.0. The van der Waals surface area contributed by atoms with E-state index >= 15 is 0 Å². The number of hydrogen-bond acceptors (Lipinski definition) is 3. The number of rotatable bonds is 9. The lowest BCUT2D eigenvalue weighted by molar-refractivity contribution is 0.139. The van der Waals surface area contributed by atoms with Crippen LogP contribution in [-0.2, 0) is 0 Å². The molecule has 5 nitrogen and oxygen atoms in total. The maximum atomic E-state index is 4.35. The highest BCUT2D eigenvalue weighted by Crippen LogP contribution is 2.08.